The van der Waals surface area contributed by atoms with Crippen LogP contribution in [0, 0.1) is 0 Å². The van der Waals surface area contributed by atoms with E-state index in [0.717, 1.165) is 0 Å². The number of hydrogen-bond acceptors (Lipinski definition) is 0. The van der Waals surface area contributed by atoms with E-state index >= 15 is 0 Å². The largest absolute Gasteiger partial charge is 6.00 e. The molecule has 0 aromatic carbocycles. The van der Waals surface area contributed by atoms with Crippen molar-refractivity contribution in [3.63, 3.8) is 0 Å². The Labute approximate surface area is 59.8 Å². The minimum absolute atomic E-state index is 0. The summed E-state index contributed by atoms with van der Waals surface area (Å²) in [6.07, 6.45) is 0. The number of hydrogen-bond donors (Lipinski definition) is 0. The summed E-state index contributed by atoms with van der Waals surface area (Å²) in [5.74, 6) is 0. The van der Waals surface area contributed by atoms with Gasteiger partial charge in [0.15, 0.2) is 0 Å². The van der Waals surface area contributed by atoms with E-state index in [4.69, 9.17) is 0 Å². The maximum Gasteiger partial charge on any atom is 6.00 e. The van der Waals surface area contributed by atoms with E-state index in [0.29, 0.717) is 0 Å². The Hall–Kier alpha value is 1.31. The van der Waals surface area contributed by atoms with Gasteiger partial charge >= 0.3 is 21.1 Å². The predicted octanol–water partition coefficient (Wildman–Crippen LogP) is -0.361. The molecule has 5 heteroatoms. The van der Waals surface area contributed by atoms with Crippen molar-refractivity contribution in [1.82, 2.24) is 0 Å². The third-order valence-electron chi connectivity index (χ3n) is 0. The molecule has 1 radical (unpaired) electrons. The summed E-state index contributed by atoms with van der Waals surface area (Å²) < 4.78 is 0. The summed E-state index contributed by atoms with van der Waals surface area (Å²) in [4.78, 5) is 0. The molecule has 0 N–H and O–H groups in total. The Balaban J connectivity index is 0. The molecule has 0 rings (SSSR count). The summed E-state index contributed by atoms with van der Waals surface area (Å²) in [7, 11) is 0. The molecular formula is AgO3W. The van der Waals surface area contributed by atoms with Gasteiger partial charge in [0, 0.05) is 22.4 Å². The average Bonchev–Trinajstić information content (AvgIpc) is 0. The molecule has 0 aliphatic heterocycles. The quantitative estimate of drug-likeness (QED) is 0.540. The molecule has 35 valence electrons. The van der Waals surface area contributed by atoms with Crippen molar-refractivity contribution in [3.8, 4) is 0 Å². The van der Waals surface area contributed by atoms with Crippen molar-refractivity contribution in [2.75, 3.05) is 0 Å². The van der Waals surface area contributed by atoms with Gasteiger partial charge in [-0.05, 0) is 0 Å². The fourth-order valence-electron chi connectivity index (χ4n) is 0. The van der Waals surface area contributed by atoms with Gasteiger partial charge in [-0.15, -0.1) is 0 Å². The first-order valence-electron chi connectivity index (χ1n) is 0. The first-order valence-corrected chi connectivity index (χ1v) is 0. The van der Waals surface area contributed by atoms with Crippen LogP contribution in [0.4, 0.5) is 0 Å². The topological polar surface area (TPSA) is 85.5 Å². The maximum atomic E-state index is 0. The molecule has 0 aromatic rings. The maximum absolute atomic E-state index is 0. The minimum Gasteiger partial charge on any atom is -2.00 e. The van der Waals surface area contributed by atoms with Gasteiger partial charge in [0.1, 0.15) is 0 Å². The Morgan fingerprint density at radius 1 is 0.600 bits per heavy atom. The summed E-state index contributed by atoms with van der Waals surface area (Å²) in [5.41, 5.74) is 0. The van der Waals surface area contributed by atoms with Gasteiger partial charge in [0.25, 0.3) is 0 Å². The van der Waals surface area contributed by atoms with Crippen molar-refractivity contribution in [1.29, 1.82) is 0 Å². The molecular weight excluding hydrogens is 340 g/mol. The van der Waals surface area contributed by atoms with Crippen LogP contribution in [0.3, 0.4) is 0 Å². The Morgan fingerprint density at radius 2 is 0.600 bits per heavy atom. The average molecular weight is 340 g/mol. The minimum atomic E-state index is 0. The zero-order valence-corrected chi connectivity index (χ0v) is 6.35. The van der Waals surface area contributed by atoms with Gasteiger partial charge in [0.05, 0.1) is 0 Å². The second kappa shape index (κ2) is 57.6. The fraction of sp³-hybridized carbons (Fsp3) is 0. The van der Waals surface area contributed by atoms with Gasteiger partial charge in [-0.1, -0.05) is 0 Å². The molecule has 0 bridgehead atoms. The van der Waals surface area contributed by atoms with Crippen LogP contribution in [0.25, 0.3) is 0 Å². The molecule has 0 unspecified atom stereocenters. The molecule has 0 aliphatic carbocycles. The van der Waals surface area contributed by atoms with Crippen LogP contribution in [0.2, 0.25) is 0 Å². The Kier molecular flexibility index (Phi) is 1200. The number of rotatable bonds is 0. The molecule has 5 heavy (non-hydrogen) atoms. The van der Waals surface area contributed by atoms with Gasteiger partial charge in [0.2, 0.25) is 0 Å². The Bertz CT molecular complexity index is 6.85. The van der Waals surface area contributed by atoms with Crippen LogP contribution in [0.15, 0.2) is 0 Å². The van der Waals surface area contributed by atoms with Crippen LogP contribution >= 0.6 is 0 Å². The molecule has 0 amide bonds. The molecule has 0 saturated heterocycles. The van der Waals surface area contributed by atoms with E-state index in [2.05, 4.69) is 0 Å². The second-order valence-electron chi connectivity index (χ2n) is 0. The van der Waals surface area contributed by atoms with Crippen molar-refractivity contribution < 1.29 is 59.9 Å². The van der Waals surface area contributed by atoms with Crippen LogP contribution in [-0.2, 0) is 59.9 Å². The van der Waals surface area contributed by atoms with Gasteiger partial charge in [-0.3, -0.25) is 0 Å². The summed E-state index contributed by atoms with van der Waals surface area (Å²) in [5, 5.41) is 0. The first-order chi connectivity index (χ1) is 0. The summed E-state index contributed by atoms with van der Waals surface area (Å²) >= 11 is 0. The van der Waals surface area contributed by atoms with Crippen molar-refractivity contribution in [2.24, 2.45) is 0 Å². The van der Waals surface area contributed by atoms with E-state index < -0.39 is 0 Å². The van der Waals surface area contributed by atoms with Gasteiger partial charge in [-0.25, -0.2) is 0 Å². The molecule has 0 heterocycles. The third-order valence-corrected chi connectivity index (χ3v) is 0. The first kappa shape index (κ1) is 104. The Morgan fingerprint density at radius 3 is 0.600 bits per heavy atom. The molecule has 0 aliphatic rings. The molecule has 3 nitrogen and oxygen atoms in total. The van der Waals surface area contributed by atoms with Gasteiger partial charge in [-0.2, -0.15) is 0 Å². The summed E-state index contributed by atoms with van der Waals surface area (Å²) in [6, 6.07) is 0. The standard InChI is InChI=1S/Ag.3O.W/q;3*-2;+6. The van der Waals surface area contributed by atoms with Crippen molar-refractivity contribution in [2.45, 2.75) is 0 Å². The van der Waals surface area contributed by atoms with E-state index in [-0.39, 0.29) is 59.9 Å². The molecule has 0 saturated carbocycles. The van der Waals surface area contributed by atoms with Crippen LogP contribution in [-0.4, -0.2) is 0 Å². The predicted molar refractivity (Wildman–Crippen MR) is 2.06 cm³/mol. The van der Waals surface area contributed by atoms with E-state index in [9.17, 15) is 0 Å². The third kappa shape index (κ3) is 33.9. The van der Waals surface area contributed by atoms with Crippen molar-refractivity contribution >= 4 is 0 Å². The second-order valence-corrected chi connectivity index (χ2v) is 0. The zero-order chi connectivity index (χ0) is 0. The summed E-state index contributed by atoms with van der Waals surface area (Å²) in [6.45, 7) is 0. The normalized spacial score (nSPS) is 0. The molecule has 0 aromatic heterocycles. The SMILES string of the molecule is [Ag].[O-2].[O-2].[O-2].[W+6]. The van der Waals surface area contributed by atoms with E-state index in [1.54, 1.807) is 0 Å². The smallest absolute Gasteiger partial charge is 2.00 e. The zero-order valence-electron chi connectivity index (χ0n) is 1.93. The van der Waals surface area contributed by atoms with E-state index in [1.807, 2.05) is 0 Å². The molecule has 0 fully saturated rings. The van der Waals surface area contributed by atoms with Gasteiger partial charge < -0.3 is 16.4 Å². The van der Waals surface area contributed by atoms with E-state index in [1.165, 1.54) is 0 Å². The van der Waals surface area contributed by atoms with Crippen LogP contribution < -0.4 is 0 Å². The molecule has 0 spiro atoms. The monoisotopic (exact) mass is 339 g/mol. The molecule has 0 atom stereocenters. The van der Waals surface area contributed by atoms with Crippen LogP contribution in [0.1, 0.15) is 0 Å². The van der Waals surface area contributed by atoms with Crippen molar-refractivity contribution in [3.05, 3.63) is 0 Å². The fourth-order valence-corrected chi connectivity index (χ4v) is 0. The van der Waals surface area contributed by atoms with Crippen LogP contribution in [0.5, 0.6) is 0 Å².